The lowest BCUT2D eigenvalue weighted by atomic mass is 9.99. The third kappa shape index (κ3) is 3.11. The van der Waals surface area contributed by atoms with E-state index in [1.54, 1.807) is 4.90 Å². The quantitative estimate of drug-likeness (QED) is 0.732. The molecule has 2 amide bonds. The Morgan fingerprint density at radius 2 is 1.74 bits per heavy atom. The lowest BCUT2D eigenvalue weighted by molar-refractivity contribution is 0.0132. The zero-order chi connectivity index (χ0) is 14.2. The number of rotatable bonds is 0. The molecule has 19 heavy (non-hydrogen) atoms. The number of ether oxygens (including phenoxy) is 1. The van der Waals surface area contributed by atoms with Gasteiger partial charge in [-0.25, -0.2) is 9.59 Å². The fourth-order valence-electron chi connectivity index (χ4n) is 2.83. The van der Waals surface area contributed by atoms with Gasteiger partial charge in [-0.2, -0.15) is 0 Å². The highest BCUT2D eigenvalue weighted by molar-refractivity contribution is 5.70. The van der Waals surface area contributed by atoms with Crippen LogP contribution in [0.5, 0.6) is 0 Å². The Bertz CT molecular complexity index is 377. The fraction of sp³-hybridized carbons (Fsp3) is 0.846. The molecular weight excluding hydrogens is 248 g/mol. The Morgan fingerprint density at radius 3 is 2.32 bits per heavy atom. The summed E-state index contributed by atoms with van der Waals surface area (Å²) in [6.07, 6.45) is 1.16. The molecule has 2 bridgehead atoms. The Kier molecular flexibility index (Phi) is 3.60. The second kappa shape index (κ2) is 4.90. The second-order valence-corrected chi connectivity index (χ2v) is 6.28. The molecule has 2 unspecified atom stereocenters. The number of nitrogens with zero attached hydrogens (tertiary/aromatic N) is 2. The number of amides is 2. The zero-order valence-corrected chi connectivity index (χ0v) is 11.8. The van der Waals surface area contributed by atoms with Gasteiger partial charge in [0.2, 0.25) is 0 Å². The number of fused-ring (bicyclic) bond motifs is 4. The molecule has 0 saturated carbocycles. The van der Waals surface area contributed by atoms with Gasteiger partial charge < -0.3 is 19.6 Å². The van der Waals surface area contributed by atoms with Gasteiger partial charge in [0.15, 0.2) is 0 Å². The van der Waals surface area contributed by atoms with Crippen LogP contribution in [0.3, 0.4) is 0 Å². The van der Waals surface area contributed by atoms with Crippen LogP contribution in [0.25, 0.3) is 0 Å². The van der Waals surface area contributed by atoms with E-state index < -0.39 is 11.7 Å². The number of carbonyl (C=O) groups excluding carboxylic acids is 1. The molecule has 0 aromatic rings. The van der Waals surface area contributed by atoms with Crippen molar-refractivity contribution < 1.29 is 19.4 Å². The third-order valence-corrected chi connectivity index (χ3v) is 3.70. The number of piperidine rings is 1. The molecule has 0 aromatic carbocycles. The molecule has 0 radical (unpaired) electrons. The molecule has 0 aliphatic carbocycles. The summed E-state index contributed by atoms with van der Waals surface area (Å²) in [5.41, 5.74) is -0.520. The average molecular weight is 270 g/mol. The monoisotopic (exact) mass is 270 g/mol. The maximum Gasteiger partial charge on any atom is 0.410 e. The first-order chi connectivity index (χ1) is 8.78. The van der Waals surface area contributed by atoms with E-state index >= 15 is 0 Å². The van der Waals surface area contributed by atoms with Gasteiger partial charge in [-0.1, -0.05) is 0 Å². The molecule has 6 heteroatoms. The van der Waals surface area contributed by atoms with E-state index in [-0.39, 0.29) is 18.2 Å². The molecule has 0 aromatic heterocycles. The SMILES string of the molecule is CC(C)(C)OC(=O)N1CCC2CCC1CN2C(=O)O. The standard InChI is InChI=1S/C13H22N2O4/c1-13(2,3)19-12(18)14-7-6-9-4-5-10(14)8-15(9)11(16)17/h9-10H,4-8H2,1-3H3,(H,16,17). The van der Waals surface area contributed by atoms with Crippen LogP contribution in [0.15, 0.2) is 0 Å². The van der Waals surface area contributed by atoms with E-state index in [0.29, 0.717) is 19.5 Å². The van der Waals surface area contributed by atoms with Gasteiger partial charge in [0.25, 0.3) is 0 Å². The van der Waals surface area contributed by atoms with Crippen molar-refractivity contribution in [1.29, 1.82) is 0 Å². The topological polar surface area (TPSA) is 70.1 Å². The summed E-state index contributed by atoms with van der Waals surface area (Å²) in [4.78, 5) is 26.5. The summed E-state index contributed by atoms with van der Waals surface area (Å²) in [6, 6.07) is -0.00844. The van der Waals surface area contributed by atoms with Gasteiger partial charge in [0.05, 0.1) is 6.04 Å². The molecule has 3 aliphatic heterocycles. The molecule has 6 nitrogen and oxygen atoms in total. The van der Waals surface area contributed by atoms with Gasteiger partial charge in [-0.15, -0.1) is 0 Å². The molecule has 3 heterocycles. The van der Waals surface area contributed by atoms with Crippen LogP contribution in [0.2, 0.25) is 0 Å². The lowest BCUT2D eigenvalue weighted by Crippen LogP contribution is -2.51. The van der Waals surface area contributed by atoms with Crippen molar-refractivity contribution in [3.05, 3.63) is 0 Å². The normalized spacial score (nSPS) is 27.1. The summed E-state index contributed by atoms with van der Waals surface area (Å²) < 4.78 is 5.40. The van der Waals surface area contributed by atoms with Crippen LogP contribution in [0.1, 0.15) is 40.0 Å². The highest BCUT2D eigenvalue weighted by atomic mass is 16.6. The third-order valence-electron chi connectivity index (χ3n) is 3.70. The summed E-state index contributed by atoms with van der Waals surface area (Å²) >= 11 is 0. The highest BCUT2D eigenvalue weighted by Gasteiger charge is 2.40. The van der Waals surface area contributed by atoms with Crippen LogP contribution >= 0.6 is 0 Å². The van der Waals surface area contributed by atoms with Crippen LogP contribution < -0.4 is 0 Å². The first-order valence-electron chi connectivity index (χ1n) is 6.77. The minimum atomic E-state index is -0.888. The number of carbonyl (C=O) groups is 2. The maximum atomic E-state index is 12.2. The number of hydrogen-bond acceptors (Lipinski definition) is 3. The highest BCUT2D eigenvalue weighted by Crippen LogP contribution is 2.29. The first kappa shape index (κ1) is 14.0. The van der Waals surface area contributed by atoms with Gasteiger partial charge in [-0.3, -0.25) is 0 Å². The van der Waals surface area contributed by atoms with Crippen LogP contribution in [0.4, 0.5) is 9.59 Å². The Hall–Kier alpha value is -1.46. The summed E-state index contributed by atoms with van der Waals surface area (Å²) in [7, 11) is 0. The van der Waals surface area contributed by atoms with Crippen molar-refractivity contribution in [2.45, 2.75) is 57.7 Å². The van der Waals surface area contributed by atoms with Crippen molar-refractivity contribution >= 4 is 12.2 Å². The number of carboxylic acid groups (broad SMARTS) is 1. The summed E-state index contributed by atoms with van der Waals surface area (Å²) in [5.74, 6) is 0. The van der Waals surface area contributed by atoms with Gasteiger partial charge in [0.1, 0.15) is 5.60 Å². The lowest BCUT2D eigenvalue weighted by Gasteiger charge is -2.37. The smallest absolute Gasteiger partial charge is 0.410 e. The predicted molar refractivity (Wildman–Crippen MR) is 69.1 cm³/mol. The predicted octanol–water partition coefficient (Wildman–Crippen LogP) is 2.14. The van der Waals surface area contributed by atoms with E-state index in [1.807, 2.05) is 20.8 Å². The van der Waals surface area contributed by atoms with E-state index in [4.69, 9.17) is 4.74 Å². The van der Waals surface area contributed by atoms with E-state index in [2.05, 4.69) is 0 Å². The second-order valence-electron chi connectivity index (χ2n) is 6.28. The molecule has 3 fully saturated rings. The van der Waals surface area contributed by atoms with Gasteiger partial charge >= 0.3 is 12.2 Å². The molecule has 1 N–H and O–H groups in total. The molecular formula is C13H22N2O4. The summed E-state index contributed by atoms with van der Waals surface area (Å²) in [5, 5.41) is 9.19. The Balaban J connectivity index is 2.08. The molecule has 108 valence electrons. The van der Waals surface area contributed by atoms with Crippen molar-refractivity contribution in [2.75, 3.05) is 13.1 Å². The molecule has 3 saturated heterocycles. The molecule has 3 aliphatic rings. The molecule has 0 spiro atoms. The van der Waals surface area contributed by atoms with Crippen LogP contribution in [-0.2, 0) is 4.74 Å². The van der Waals surface area contributed by atoms with Crippen molar-refractivity contribution in [1.82, 2.24) is 9.80 Å². The largest absolute Gasteiger partial charge is 0.465 e. The van der Waals surface area contributed by atoms with Crippen LogP contribution in [0, 0.1) is 0 Å². The molecule has 2 atom stereocenters. The average Bonchev–Trinajstić information content (AvgIpc) is 2.57. The molecule has 3 rings (SSSR count). The van der Waals surface area contributed by atoms with E-state index in [9.17, 15) is 14.7 Å². The number of hydrogen-bond donors (Lipinski definition) is 1. The van der Waals surface area contributed by atoms with E-state index in [0.717, 1.165) is 12.8 Å². The van der Waals surface area contributed by atoms with Gasteiger partial charge in [-0.05, 0) is 40.0 Å². The van der Waals surface area contributed by atoms with E-state index in [1.165, 1.54) is 4.90 Å². The zero-order valence-electron chi connectivity index (χ0n) is 11.8. The van der Waals surface area contributed by atoms with Crippen molar-refractivity contribution in [2.24, 2.45) is 0 Å². The maximum absolute atomic E-state index is 12.2. The minimum absolute atomic E-state index is 0.0428. The van der Waals surface area contributed by atoms with Crippen molar-refractivity contribution in [3.8, 4) is 0 Å². The van der Waals surface area contributed by atoms with Crippen LogP contribution in [-0.4, -0.2) is 57.9 Å². The first-order valence-corrected chi connectivity index (χ1v) is 6.77. The van der Waals surface area contributed by atoms with Crippen molar-refractivity contribution in [3.63, 3.8) is 0 Å². The minimum Gasteiger partial charge on any atom is -0.465 e. The fourth-order valence-corrected chi connectivity index (χ4v) is 2.83. The summed E-state index contributed by atoms with van der Waals surface area (Å²) in [6.45, 7) is 6.49. The Morgan fingerprint density at radius 1 is 1.11 bits per heavy atom. The Labute approximate surface area is 113 Å². The van der Waals surface area contributed by atoms with Gasteiger partial charge in [0, 0.05) is 19.1 Å².